The SMILES string of the molecule is Cc1ccc(NC(=O)CN2C(=O)CSC(c3cccs3)c3c(-c4ccccc4)nn(-c4cccc(C)c4)c32)cc1. The van der Waals surface area contributed by atoms with E-state index in [1.807, 2.05) is 97.4 Å². The fourth-order valence-corrected chi connectivity index (χ4v) is 7.09. The first kappa shape index (κ1) is 26.1. The molecule has 1 unspecified atom stereocenters. The van der Waals surface area contributed by atoms with Crippen LogP contribution in [-0.4, -0.2) is 33.9 Å². The summed E-state index contributed by atoms with van der Waals surface area (Å²) in [6.07, 6.45) is 0. The van der Waals surface area contributed by atoms with Crippen molar-refractivity contribution in [2.24, 2.45) is 0 Å². The van der Waals surface area contributed by atoms with Gasteiger partial charge in [-0.3, -0.25) is 14.5 Å². The number of nitrogens with one attached hydrogen (secondary N) is 1. The van der Waals surface area contributed by atoms with E-state index in [2.05, 4.69) is 22.8 Å². The Bertz CT molecular complexity index is 1660. The molecule has 40 heavy (non-hydrogen) atoms. The molecule has 2 amide bonds. The van der Waals surface area contributed by atoms with Gasteiger partial charge in [0.2, 0.25) is 11.8 Å². The lowest BCUT2D eigenvalue weighted by Gasteiger charge is -2.23. The Labute approximate surface area is 241 Å². The molecular weight excluding hydrogens is 537 g/mol. The van der Waals surface area contributed by atoms with Gasteiger partial charge >= 0.3 is 0 Å². The monoisotopic (exact) mass is 564 g/mol. The topological polar surface area (TPSA) is 67.2 Å². The van der Waals surface area contributed by atoms with Crippen molar-refractivity contribution in [1.29, 1.82) is 0 Å². The molecule has 6 nitrogen and oxygen atoms in total. The molecule has 5 aromatic rings. The third-order valence-corrected chi connectivity index (χ3v) is 9.14. The molecule has 1 atom stereocenters. The van der Waals surface area contributed by atoms with Crippen LogP contribution in [0.4, 0.5) is 11.5 Å². The van der Waals surface area contributed by atoms with E-state index >= 15 is 0 Å². The number of benzene rings is 3. The van der Waals surface area contributed by atoms with E-state index in [-0.39, 0.29) is 29.4 Å². The first-order valence-corrected chi connectivity index (χ1v) is 15.0. The van der Waals surface area contributed by atoms with Crippen LogP contribution in [0.3, 0.4) is 0 Å². The Hall–Kier alpha value is -4.14. The summed E-state index contributed by atoms with van der Waals surface area (Å²) >= 11 is 3.25. The standard InChI is InChI=1S/C32H28N4O2S2/c1-21-13-15-24(16-14-21)33-27(37)19-35-28(38)20-40-31(26-12-7-17-39-26)29-30(23-9-4-3-5-10-23)34-36(32(29)35)25-11-6-8-22(2)18-25/h3-18,31H,19-20H2,1-2H3,(H,33,37). The molecule has 8 heteroatoms. The van der Waals surface area contributed by atoms with Crippen LogP contribution >= 0.6 is 23.1 Å². The van der Waals surface area contributed by atoms with Crippen molar-refractivity contribution in [3.05, 3.63) is 118 Å². The molecular formula is C32H28N4O2S2. The average Bonchev–Trinajstić information content (AvgIpc) is 3.60. The number of nitrogens with zero attached hydrogens (tertiary/aromatic N) is 3. The maximum absolute atomic E-state index is 13.8. The molecule has 1 N–H and O–H groups in total. The van der Waals surface area contributed by atoms with Gasteiger partial charge in [0.15, 0.2) is 0 Å². The summed E-state index contributed by atoms with van der Waals surface area (Å²) in [6.45, 7) is 3.91. The van der Waals surface area contributed by atoms with Gasteiger partial charge in [0.1, 0.15) is 12.4 Å². The van der Waals surface area contributed by atoms with E-state index in [0.29, 0.717) is 11.5 Å². The summed E-state index contributed by atoms with van der Waals surface area (Å²) in [6, 6.07) is 29.9. The van der Waals surface area contributed by atoms with Crippen LogP contribution < -0.4 is 10.2 Å². The van der Waals surface area contributed by atoms with Gasteiger partial charge in [-0.1, -0.05) is 66.2 Å². The summed E-state index contributed by atoms with van der Waals surface area (Å²) in [5.41, 5.74) is 6.43. The van der Waals surface area contributed by atoms with Crippen molar-refractivity contribution >= 4 is 46.4 Å². The Kier molecular flexibility index (Phi) is 7.28. The summed E-state index contributed by atoms with van der Waals surface area (Å²) in [4.78, 5) is 29.9. The van der Waals surface area contributed by atoms with Crippen LogP contribution in [-0.2, 0) is 9.59 Å². The van der Waals surface area contributed by atoms with Crippen LogP contribution in [0.5, 0.6) is 0 Å². The molecule has 0 bridgehead atoms. The van der Waals surface area contributed by atoms with Crippen molar-refractivity contribution in [2.45, 2.75) is 19.1 Å². The number of aryl methyl sites for hydroxylation is 2. The molecule has 200 valence electrons. The van der Waals surface area contributed by atoms with E-state index in [1.165, 1.54) is 0 Å². The van der Waals surface area contributed by atoms with Crippen LogP contribution in [0.15, 0.2) is 96.4 Å². The lowest BCUT2D eigenvalue weighted by Crippen LogP contribution is -2.40. The van der Waals surface area contributed by atoms with Gasteiger partial charge in [0, 0.05) is 21.7 Å². The molecule has 1 aliphatic rings. The van der Waals surface area contributed by atoms with Gasteiger partial charge in [0.05, 0.1) is 22.4 Å². The van der Waals surface area contributed by atoms with E-state index in [1.54, 1.807) is 28.0 Å². The van der Waals surface area contributed by atoms with E-state index < -0.39 is 0 Å². The summed E-state index contributed by atoms with van der Waals surface area (Å²) in [5.74, 6) is 0.493. The number of aromatic nitrogens is 2. The molecule has 0 saturated heterocycles. The number of rotatable bonds is 6. The minimum atomic E-state index is -0.263. The fourth-order valence-electron chi connectivity index (χ4n) is 4.91. The number of amides is 2. The zero-order chi connectivity index (χ0) is 27.6. The second-order valence-electron chi connectivity index (χ2n) is 9.80. The molecule has 2 aromatic heterocycles. The van der Waals surface area contributed by atoms with Gasteiger partial charge in [0.25, 0.3) is 0 Å². The van der Waals surface area contributed by atoms with Gasteiger partial charge in [-0.25, -0.2) is 4.68 Å². The first-order valence-electron chi connectivity index (χ1n) is 13.0. The lowest BCUT2D eigenvalue weighted by atomic mass is 10.0. The van der Waals surface area contributed by atoms with E-state index in [9.17, 15) is 9.59 Å². The molecule has 6 rings (SSSR count). The van der Waals surface area contributed by atoms with Crippen molar-refractivity contribution in [3.63, 3.8) is 0 Å². The van der Waals surface area contributed by atoms with Crippen LogP contribution in [0, 0.1) is 13.8 Å². The third kappa shape index (κ3) is 5.20. The van der Waals surface area contributed by atoms with Crippen molar-refractivity contribution in [2.75, 3.05) is 22.5 Å². The van der Waals surface area contributed by atoms with Gasteiger partial charge in [-0.15, -0.1) is 23.1 Å². The second-order valence-corrected chi connectivity index (χ2v) is 11.9. The smallest absolute Gasteiger partial charge is 0.244 e. The molecule has 3 heterocycles. The number of hydrogen-bond donors (Lipinski definition) is 1. The Balaban J connectivity index is 1.54. The highest BCUT2D eigenvalue weighted by Crippen LogP contribution is 2.49. The number of fused-ring (bicyclic) bond motifs is 1. The number of anilines is 2. The zero-order valence-corrected chi connectivity index (χ0v) is 23.8. The zero-order valence-electron chi connectivity index (χ0n) is 22.2. The fraction of sp³-hybridized carbons (Fsp3) is 0.156. The Morgan fingerprint density at radius 1 is 0.950 bits per heavy atom. The van der Waals surface area contributed by atoms with Crippen LogP contribution in [0.25, 0.3) is 16.9 Å². The summed E-state index contributed by atoms with van der Waals surface area (Å²) in [5, 5.41) is 10.1. The van der Waals surface area contributed by atoms with Gasteiger partial charge in [-0.05, 0) is 55.1 Å². The maximum atomic E-state index is 13.8. The molecule has 3 aromatic carbocycles. The second kappa shape index (κ2) is 11.2. The quantitative estimate of drug-likeness (QED) is 0.241. The number of carbonyl (C=O) groups is 2. The molecule has 0 fully saturated rings. The van der Waals surface area contributed by atoms with E-state index in [4.69, 9.17) is 5.10 Å². The number of carbonyl (C=O) groups excluding carboxylic acids is 2. The molecule has 0 spiro atoms. The third-order valence-electron chi connectivity index (χ3n) is 6.82. The highest BCUT2D eigenvalue weighted by atomic mass is 32.2. The number of thioether (sulfide) groups is 1. The molecule has 0 radical (unpaired) electrons. The highest BCUT2D eigenvalue weighted by molar-refractivity contribution is 8.00. The highest BCUT2D eigenvalue weighted by Gasteiger charge is 2.38. The van der Waals surface area contributed by atoms with Crippen molar-refractivity contribution in [3.8, 4) is 16.9 Å². The molecule has 0 saturated carbocycles. The van der Waals surface area contributed by atoms with Crippen molar-refractivity contribution < 1.29 is 9.59 Å². The maximum Gasteiger partial charge on any atom is 0.244 e. The minimum Gasteiger partial charge on any atom is -0.325 e. The predicted octanol–water partition coefficient (Wildman–Crippen LogP) is 7.03. The molecule has 1 aliphatic heterocycles. The van der Waals surface area contributed by atoms with Crippen molar-refractivity contribution in [1.82, 2.24) is 9.78 Å². The number of hydrogen-bond acceptors (Lipinski definition) is 5. The van der Waals surface area contributed by atoms with Gasteiger partial charge in [-0.2, -0.15) is 5.10 Å². The lowest BCUT2D eigenvalue weighted by molar-refractivity contribution is -0.120. The first-order chi connectivity index (χ1) is 19.5. The van der Waals surface area contributed by atoms with E-state index in [0.717, 1.165) is 38.5 Å². The molecule has 0 aliphatic carbocycles. The summed E-state index contributed by atoms with van der Waals surface area (Å²) in [7, 11) is 0. The largest absolute Gasteiger partial charge is 0.325 e. The Morgan fingerprint density at radius 3 is 2.48 bits per heavy atom. The Morgan fingerprint density at radius 2 is 1.75 bits per heavy atom. The normalized spacial score (nSPS) is 15.0. The minimum absolute atomic E-state index is 0.113. The number of thiophene rings is 1. The predicted molar refractivity (Wildman–Crippen MR) is 165 cm³/mol. The summed E-state index contributed by atoms with van der Waals surface area (Å²) < 4.78 is 1.84. The van der Waals surface area contributed by atoms with Gasteiger partial charge < -0.3 is 5.32 Å². The van der Waals surface area contributed by atoms with Crippen LogP contribution in [0.2, 0.25) is 0 Å². The van der Waals surface area contributed by atoms with Crippen LogP contribution in [0.1, 0.15) is 26.8 Å². The average molecular weight is 565 g/mol.